The third-order valence-corrected chi connectivity index (χ3v) is 8.49. The summed E-state index contributed by atoms with van der Waals surface area (Å²) in [6.45, 7) is 6.20. The van der Waals surface area contributed by atoms with Crippen molar-refractivity contribution in [3.8, 4) is 23.3 Å². The summed E-state index contributed by atoms with van der Waals surface area (Å²) in [4.78, 5) is 35.6. The predicted octanol–water partition coefficient (Wildman–Crippen LogP) is 6.88. The van der Waals surface area contributed by atoms with Gasteiger partial charge >= 0.3 is 12.0 Å². The molecule has 1 atom stereocenters. The second-order valence-electron chi connectivity index (χ2n) is 11.5. The van der Waals surface area contributed by atoms with E-state index in [1.54, 1.807) is 47.7 Å². The zero-order valence-electron chi connectivity index (χ0n) is 28.1. The van der Waals surface area contributed by atoms with Crippen LogP contribution in [0.4, 0.5) is 0 Å². The minimum atomic E-state index is -0.590. The van der Waals surface area contributed by atoms with Gasteiger partial charge in [-0.3, -0.25) is 4.79 Å². The molecule has 3 aromatic heterocycles. The first-order valence-electron chi connectivity index (χ1n) is 15.6. The van der Waals surface area contributed by atoms with E-state index in [4.69, 9.17) is 47.2 Å². The number of ether oxygens (including phenoxy) is 4. The Balaban J connectivity index is 1.72. The topological polar surface area (TPSA) is 120 Å². The highest BCUT2D eigenvalue weighted by Crippen LogP contribution is 2.39. The molecular formula is C36H37Cl2N5O6. The van der Waals surface area contributed by atoms with Crippen LogP contribution in [0.3, 0.4) is 0 Å². The van der Waals surface area contributed by atoms with Crippen molar-refractivity contribution in [3.63, 3.8) is 0 Å². The summed E-state index contributed by atoms with van der Waals surface area (Å²) < 4.78 is 24.9. The van der Waals surface area contributed by atoms with E-state index >= 15 is 0 Å². The number of esters is 1. The van der Waals surface area contributed by atoms with Crippen LogP contribution in [0, 0.1) is 0 Å². The Kier molecular flexibility index (Phi) is 11.3. The molecule has 0 radical (unpaired) electrons. The minimum absolute atomic E-state index is 0.0754. The van der Waals surface area contributed by atoms with Gasteiger partial charge in [-0.1, -0.05) is 61.3 Å². The van der Waals surface area contributed by atoms with E-state index in [0.717, 1.165) is 16.7 Å². The fourth-order valence-electron chi connectivity index (χ4n) is 5.75. The fraction of sp³-hybridized carbons (Fsp3) is 0.306. The smallest absolute Gasteiger partial charge is 0.359 e. The number of hydrogen-bond acceptors (Lipinski definition) is 9. The van der Waals surface area contributed by atoms with Crippen molar-refractivity contribution in [2.75, 3.05) is 27.9 Å². The number of pyridine rings is 1. The van der Waals surface area contributed by atoms with Gasteiger partial charge < -0.3 is 23.5 Å². The Morgan fingerprint density at radius 1 is 0.939 bits per heavy atom. The number of carbonyl (C=O) groups is 1. The van der Waals surface area contributed by atoms with E-state index < -0.39 is 11.9 Å². The third kappa shape index (κ3) is 7.73. The van der Waals surface area contributed by atoms with Gasteiger partial charge in [-0.15, -0.1) is 0 Å². The van der Waals surface area contributed by atoms with Gasteiger partial charge in [0.25, 0.3) is 5.56 Å². The normalized spacial score (nSPS) is 11.8. The maximum absolute atomic E-state index is 13.7. The maximum atomic E-state index is 13.7. The van der Waals surface area contributed by atoms with Crippen LogP contribution in [0.5, 0.6) is 17.6 Å². The number of hydrogen-bond donors (Lipinski definition) is 0. The number of methoxy groups -OCH3 is 3. The van der Waals surface area contributed by atoms with Gasteiger partial charge in [-0.05, 0) is 66.3 Å². The minimum Gasteiger partial charge on any atom is -0.497 e. The Bertz CT molecular complexity index is 1990. The van der Waals surface area contributed by atoms with Crippen LogP contribution in [-0.2, 0) is 17.7 Å². The molecule has 0 N–H and O–H groups in total. The molecule has 13 heteroatoms. The molecule has 0 saturated heterocycles. The molecule has 5 rings (SSSR count). The molecule has 2 aromatic carbocycles. The molecule has 3 heterocycles. The molecule has 49 heavy (non-hydrogen) atoms. The van der Waals surface area contributed by atoms with E-state index in [0.29, 0.717) is 40.7 Å². The Morgan fingerprint density at radius 3 is 2.27 bits per heavy atom. The van der Waals surface area contributed by atoms with Crippen molar-refractivity contribution in [3.05, 3.63) is 121 Å². The van der Waals surface area contributed by atoms with Crippen LogP contribution >= 0.6 is 23.2 Å². The summed E-state index contributed by atoms with van der Waals surface area (Å²) in [5.41, 5.74) is 4.09. The standard InChI is InChI=1S/C36H37Cl2N5O6/c1-7-49-35(45)31-30(32(21(2)3)43(41-31)29-18-39-36(48-6)40-33(29)47-5)27(24-10-12-25(37)13-11-24)16-23-17-28(38)34(44)42(20-23)19-22-8-14-26(46-4)15-9-22/h8-15,17-18,20-21,27H,7,16,19H2,1-6H3. The highest BCUT2D eigenvalue weighted by Gasteiger charge is 2.34. The van der Waals surface area contributed by atoms with Crippen LogP contribution in [-0.4, -0.2) is 58.2 Å². The molecule has 0 saturated carbocycles. The molecule has 0 fully saturated rings. The fourth-order valence-corrected chi connectivity index (χ4v) is 6.12. The largest absolute Gasteiger partial charge is 0.497 e. The van der Waals surface area contributed by atoms with Gasteiger partial charge in [0.05, 0.1) is 46.4 Å². The summed E-state index contributed by atoms with van der Waals surface area (Å²) in [5, 5.41) is 5.47. The molecule has 0 aliphatic carbocycles. The van der Waals surface area contributed by atoms with Gasteiger partial charge in [-0.2, -0.15) is 10.1 Å². The first-order chi connectivity index (χ1) is 23.6. The average Bonchev–Trinajstić information content (AvgIpc) is 3.50. The Morgan fingerprint density at radius 2 is 1.65 bits per heavy atom. The molecule has 1 unspecified atom stereocenters. The highest BCUT2D eigenvalue weighted by molar-refractivity contribution is 6.30. The van der Waals surface area contributed by atoms with Crippen molar-refractivity contribution < 1.29 is 23.7 Å². The summed E-state index contributed by atoms with van der Waals surface area (Å²) in [6.07, 6.45) is 3.68. The Hall–Kier alpha value is -4.87. The lowest BCUT2D eigenvalue weighted by Gasteiger charge is -2.23. The van der Waals surface area contributed by atoms with E-state index in [-0.39, 0.29) is 40.7 Å². The van der Waals surface area contributed by atoms with Crippen molar-refractivity contribution in [2.24, 2.45) is 0 Å². The van der Waals surface area contributed by atoms with Crippen LogP contribution in [0.1, 0.15) is 71.0 Å². The second-order valence-corrected chi connectivity index (χ2v) is 12.3. The van der Waals surface area contributed by atoms with Crippen LogP contribution in [0.25, 0.3) is 5.69 Å². The number of halogens is 2. The molecule has 0 spiro atoms. The molecule has 0 aliphatic heterocycles. The average molecular weight is 707 g/mol. The molecular weight excluding hydrogens is 669 g/mol. The van der Waals surface area contributed by atoms with Crippen LogP contribution < -0.4 is 19.8 Å². The molecule has 0 aliphatic rings. The summed E-state index contributed by atoms with van der Waals surface area (Å²) in [5.74, 6) is -0.283. The quantitative estimate of drug-likeness (QED) is 0.121. The monoisotopic (exact) mass is 705 g/mol. The van der Waals surface area contributed by atoms with Crippen molar-refractivity contribution >= 4 is 29.2 Å². The Labute approximate surface area is 294 Å². The van der Waals surface area contributed by atoms with E-state index in [1.165, 1.54) is 20.4 Å². The second kappa shape index (κ2) is 15.6. The van der Waals surface area contributed by atoms with Crippen molar-refractivity contribution in [1.29, 1.82) is 0 Å². The van der Waals surface area contributed by atoms with Crippen molar-refractivity contribution in [2.45, 2.75) is 45.6 Å². The molecule has 0 bridgehead atoms. The lowest BCUT2D eigenvalue weighted by atomic mass is 9.83. The molecule has 0 amide bonds. The first-order valence-corrected chi connectivity index (χ1v) is 16.4. The SMILES string of the molecule is CCOC(=O)c1nn(-c2cnc(OC)nc2OC)c(C(C)C)c1C(Cc1cc(Cl)c(=O)n(Cc2ccc(OC)cc2)c1)c1ccc(Cl)cc1. The van der Waals surface area contributed by atoms with Gasteiger partial charge in [0.2, 0.25) is 5.88 Å². The third-order valence-electron chi connectivity index (χ3n) is 7.96. The van der Waals surface area contributed by atoms with E-state index in [1.807, 2.05) is 50.2 Å². The molecule has 11 nitrogen and oxygen atoms in total. The van der Waals surface area contributed by atoms with Crippen molar-refractivity contribution in [1.82, 2.24) is 24.3 Å². The predicted molar refractivity (Wildman–Crippen MR) is 187 cm³/mol. The van der Waals surface area contributed by atoms with E-state index in [9.17, 15) is 9.59 Å². The summed E-state index contributed by atoms with van der Waals surface area (Å²) >= 11 is 12.9. The number of carbonyl (C=O) groups excluding carboxylic acids is 1. The zero-order chi connectivity index (χ0) is 35.2. The number of rotatable bonds is 13. The van der Waals surface area contributed by atoms with Gasteiger partial charge in [0.1, 0.15) is 16.5 Å². The number of nitrogens with zero attached hydrogens (tertiary/aromatic N) is 5. The van der Waals surface area contributed by atoms with Gasteiger partial charge in [-0.25, -0.2) is 14.5 Å². The summed E-state index contributed by atoms with van der Waals surface area (Å²) in [6, 6.07) is 16.7. The first kappa shape index (κ1) is 35.4. The lowest BCUT2D eigenvalue weighted by molar-refractivity contribution is 0.0517. The lowest BCUT2D eigenvalue weighted by Crippen LogP contribution is -2.22. The van der Waals surface area contributed by atoms with Crippen LogP contribution in [0.15, 0.2) is 71.8 Å². The highest BCUT2D eigenvalue weighted by atomic mass is 35.5. The number of benzene rings is 2. The van der Waals surface area contributed by atoms with Gasteiger partial charge in [0, 0.05) is 22.7 Å². The van der Waals surface area contributed by atoms with Crippen LogP contribution in [0.2, 0.25) is 10.0 Å². The van der Waals surface area contributed by atoms with E-state index in [2.05, 4.69) is 9.97 Å². The molecule has 256 valence electrons. The number of aromatic nitrogens is 5. The summed E-state index contributed by atoms with van der Waals surface area (Å²) in [7, 11) is 4.54. The molecule has 5 aromatic rings. The van der Waals surface area contributed by atoms with Gasteiger partial charge in [0.15, 0.2) is 5.69 Å². The zero-order valence-corrected chi connectivity index (χ0v) is 29.6. The maximum Gasteiger partial charge on any atom is 0.359 e.